The van der Waals surface area contributed by atoms with Gasteiger partial charge < -0.3 is 4.90 Å². The number of carbonyl (C=O) groups is 1. The minimum atomic E-state index is -0.380. The summed E-state index contributed by atoms with van der Waals surface area (Å²) in [7, 11) is 0. The summed E-state index contributed by atoms with van der Waals surface area (Å²) in [4.78, 5) is 23.9. The number of nitrogens with zero attached hydrogens (tertiary/aromatic N) is 5. The summed E-state index contributed by atoms with van der Waals surface area (Å²) in [5, 5.41) is 4.30. The molecule has 1 saturated heterocycles. The highest BCUT2D eigenvalue weighted by Crippen LogP contribution is 2.34. The number of hydrogen-bond acceptors (Lipinski definition) is 4. The van der Waals surface area contributed by atoms with Crippen LogP contribution in [0.15, 0.2) is 24.7 Å². The lowest BCUT2D eigenvalue weighted by Gasteiger charge is -2.30. The maximum Gasteiger partial charge on any atom is 0.228 e. The molecule has 6 heteroatoms. The Morgan fingerprint density at radius 3 is 2.83 bits per heavy atom. The van der Waals surface area contributed by atoms with Crippen molar-refractivity contribution in [3.05, 3.63) is 30.4 Å². The minimum absolute atomic E-state index is 0.0159. The van der Waals surface area contributed by atoms with Crippen LogP contribution in [0.1, 0.15) is 52.3 Å². The average molecular weight is 327 g/mol. The van der Waals surface area contributed by atoms with Gasteiger partial charge in [-0.3, -0.25) is 14.5 Å². The molecule has 1 aliphatic rings. The van der Waals surface area contributed by atoms with Gasteiger partial charge >= 0.3 is 0 Å². The van der Waals surface area contributed by atoms with Crippen molar-refractivity contribution >= 4 is 5.91 Å². The van der Waals surface area contributed by atoms with Crippen molar-refractivity contribution in [2.45, 2.75) is 53.1 Å². The van der Waals surface area contributed by atoms with Gasteiger partial charge in [0, 0.05) is 24.7 Å². The Bertz CT molecular complexity index is 731. The highest BCUT2D eigenvalue weighted by atomic mass is 16.2. The minimum Gasteiger partial charge on any atom is -0.334 e. The number of likely N-dealkylation sites (tertiary alicyclic amines) is 1. The predicted molar refractivity (Wildman–Crippen MR) is 92.1 cm³/mol. The Hall–Kier alpha value is -2.24. The molecule has 1 atom stereocenters. The van der Waals surface area contributed by atoms with Gasteiger partial charge in [-0.05, 0) is 25.8 Å². The lowest BCUT2D eigenvalue weighted by Crippen LogP contribution is -2.39. The maximum absolute atomic E-state index is 12.7. The molecule has 0 bridgehead atoms. The van der Waals surface area contributed by atoms with Crippen LogP contribution in [0.25, 0.3) is 11.4 Å². The molecule has 0 N–H and O–H groups in total. The molecule has 24 heavy (non-hydrogen) atoms. The number of aryl methyl sites for hydroxylation is 1. The van der Waals surface area contributed by atoms with Gasteiger partial charge in [-0.1, -0.05) is 20.8 Å². The molecule has 0 aliphatic carbocycles. The molecule has 0 spiro atoms. The standard InChI is InChI=1S/C18H25N5O/c1-5-23-16(8-9-20-23)14-12-19-11-13(21-14)15-7-6-10-22(15)17(24)18(2,3)4/h8-9,11-12,15H,5-7,10H2,1-4H3/t15-/m1/s1. The molecule has 1 fully saturated rings. The van der Waals surface area contributed by atoms with E-state index in [1.165, 1.54) is 0 Å². The van der Waals surface area contributed by atoms with Crippen LogP contribution >= 0.6 is 0 Å². The van der Waals surface area contributed by atoms with Crippen molar-refractivity contribution < 1.29 is 4.79 Å². The SMILES string of the molecule is CCn1nccc1-c1cncc([C@H]2CCCN2C(=O)C(C)(C)C)n1. The Kier molecular flexibility index (Phi) is 4.39. The molecule has 0 saturated carbocycles. The van der Waals surface area contributed by atoms with E-state index < -0.39 is 0 Å². The normalized spacial score (nSPS) is 18.2. The van der Waals surface area contributed by atoms with Gasteiger partial charge in [0.15, 0.2) is 0 Å². The van der Waals surface area contributed by atoms with E-state index in [-0.39, 0.29) is 17.4 Å². The Balaban J connectivity index is 1.92. The zero-order valence-electron chi connectivity index (χ0n) is 14.9. The van der Waals surface area contributed by atoms with Gasteiger partial charge in [-0.2, -0.15) is 5.10 Å². The summed E-state index contributed by atoms with van der Waals surface area (Å²) in [5.74, 6) is 0.177. The molecule has 0 aromatic carbocycles. The van der Waals surface area contributed by atoms with E-state index in [4.69, 9.17) is 4.98 Å². The molecule has 2 aromatic heterocycles. The number of aromatic nitrogens is 4. The smallest absolute Gasteiger partial charge is 0.228 e. The van der Waals surface area contributed by atoms with Crippen molar-refractivity contribution in [2.75, 3.05) is 6.54 Å². The zero-order valence-corrected chi connectivity index (χ0v) is 14.9. The Morgan fingerprint density at radius 2 is 2.12 bits per heavy atom. The summed E-state index contributed by atoms with van der Waals surface area (Å²) in [6.45, 7) is 9.52. The molecule has 3 rings (SSSR count). The van der Waals surface area contributed by atoms with Crippen molar-refractivity contribution in [3.63, 3.8) is 0 Å². The second-order valence-electron chi connectivity index (χ2n) is 7.27. The van der Waals surface area contributed by atoms with E-state index in [0.29, 0.717) is 0 Å². The molecule has 0 unspecified atom stereocenters. The van der Waals surface area contributed by atoms with Gasteiger partial charge in [0.25, 0.3) is 0 Å². The fraction of sp³-hybridized carbons (Fsp3) is 0.556. The largest absolute Gasteiger partial charge is 0.334 e. The third-order valence-electron chi connectivity index (χ3n) is 4.43. The van der Waals surface area contributed by atoms with Crippen molar-refractivity contribution in [1.29, 1.82) is 0 Å². The van der Waals surface area contributed by atoms with Gasteiger partial charge in [0.05, 0.1) is 29.8 Å². The fourth-order valence-corrected chi connectivity index (χ4v) is 3.22. The highest BCUT2D eigenvalue weighted by Gasteiger charge is 2.36. The lowest BCUT2D eigenvalue weighted by molar-refractivity contribution is -0.140. The molecule has 3 heterocycles. The number of rotatable bonds is 3. The van der Waals surface area contributed by atoms with E-state index in [9.17, 15) is 4.79 Å². The van der Waals surface area contributed by atoms with Crippen molar-refractivity contribution in [1.82, 2.24) is 24.6 Å². The highest BCUT2D eigenvalue weighted by molar-refractivity contribution is 5.82. The van der Waals surface area contributed by atoms with E-state index in [1.54, 1.807) is 18.6 Å². The zero-order chi connectivity index (χ0) is 17.3. The first-order valence-corrected chi connectivity index (χ1v) is 8.57. The molecule has 0 radical (unpaired) electrons. The van der Waals surface area contributed by atoms with Gasteiger partial charge in [0.1, 0.15) is 5.69 Å². The molecule has 6 nitrogen and oxygen atoms in total. The first-order chi connectivity index (χ1) is 11.4. The molecule has 1 aliphatic heterocycles. The maximum atomic E-state index is 12.7. The first-order valence-electron chi connectivity index (χ1n) is 8.57. The quantitative estimate of drug-likeness (QED) is 0.869. The first kappa shape index (κ1) is 16.6. The van der Waals surface area contributed by atoms with Crippen LogP contribution in [0.2, 0.25) is 0 Å². The van der Waals surface area contributed by atoms with Crippen LogP contribution in [0.4, 0.5) is 0 Å². The molecule has 128 valence electrons. The molecular formula is C18H25N5O. The van der Waals surface area contributed by atoms with Gasteiger partial charge in [-0.15, -0.1) is 0 Å². The number of hydrogen-bond donors (Lipinski definition) is 0. The van der Waals surface area contributed by atoms with E-state index >= 15 is 0 Å². The van der Waals surface area contributed by atoms with E-state index in [1.807, 2.05) is 36.4 Å². The van der Waals surface area contributed by atoms with Crippen LogP contribution in [-0.2, 0) is 11.3 Å². The third-order valence-corrected chi connectivity index (χ3v) is 4.43. The third kappa shape index (κ3) is 3.05. The number of carbonyl (C=O) groups excluding carboxylic acids is 1. The summed E-state index contributed by atoms with van der Waals surface area (Å²) < 4.78 is 1.90. The Morgan fingerprint density at radius 1 is 1.33 bits per heavy atom. The van der Waals surface area contributed by atoms with Crippen LogP contribution in [0, 0.1) is 5.41 Å². The predicted octanol–water partition coefficient (Wildman–Crippen LogP) is 3.07. The fourth-order valence-electron chi connectivity index (χ4n) is 3.22. The van der Waals surface area contributed by atoms with Crippen LogP contribution in [0.5, 0.6) is 0 Å². The van der Waals surface area contributed by atoms with Crippen LogP contribution in [0.3, 0.4) is 0 Å². The van der Waals surface area contributed by atoms with Crippen LogP contribution in [-0.4, -0.2) is 37.1 Å². The average Bonchev–Trinajstić information content (AvgIpc) is 3.22. The summed E-state index contributed by atoms with van der Waals surface area (Å²) in [6, 6.07) is 1.96. The van der Waals surface area contributed by atoms with Crippen LogP contribution < -0.4 is 0 Å². The summed E-state index contributed by atoms with van der Waals surface area (Å²) in [6.07, 6.45) is 7.27. The van der Waals surface area contributed by atoms with Crippen molar-refractivity contribution in [3.8, 4) is 11.4 Å². The Labute approximate surface area is 142 Å². The summed E-state index contributed by atoms with van der Waals surface area (Å²) in [5.41, 5.74) is 2.25. The second-order valence-corrected chi connectivity index (χ2v) is 7.27. The lowest BCUT2D eigenvalue weighted by atomic mass is 9.94. The second kappa shape index (κ2) is 6.34. The van der Waals surface area contributed by atoms with Gasteiger partial charge in [0.2, 0.25) is 5.91 Å². The van der Waals surface area contributed by atoms with E-state index in [2.05, 4.69) is 17.0 Å². The topological polar surface area (TPSA) is 63.9 Å². The molecule has 1 amide bonds. The summed E-state index contributed by atoms with van der Waals surface area (Å²) >= 11 is 0. The molecular weight excluding hydrogens is 302 g/mol. The number of amides is 1. The van der Waals surface area contributed by atoms with Crippen molar-refractivity contribution in [2.24, 2.45) is 5.41 Å². The monoisotopic (exact) mass is 327 g/mol. The molecule has 2 aromatic rings. The van der Waals surface area contributed by atoms with Gasteiger partial charge in [-0.25, -0.2) is 4.98 Å². The van der Waals surface area contributed by atoms with E-state index in [0.717, 1.165) is 43.0 Å².